The lowest BCUT2D eigenvalue weighted by molar-refractivity contribution is -0.0136. The first-order valence-corrected chi connectivity index (χ1v) is 10.9. The summed E-state index contributed by atoms with van der Waals surface area (Å²) in [5.74, 6) is 1.52. The Kier molecular flexibility index (Phi) is 6.13. The molecule has 0 radical (unpaired) electrons. The molecule has 2 unspecified atom stereocenters. The molecule has 28 heavy (non-hydrogen) atoms. The van der Waals surface area contributed by atoms with E-state index in [0.29, 0.717) is 48.1 Å². The van der Waals surface area contributed by atoms with Crippen LogP contribution in [0.25, 0.3) is 10.6 Å². The third kappa shape index (κ3) is 4.31. The minimum atomic E-state index is -0.572. The fourth-order valence-electron chi connectivity index (χ4n) is 3.96. The first kappa shape index (κ1) is 20.0. The predicted molar refractivity (Wildman–Crippen MR) is 111 cm³/mol. The Morgan fingerprint density at radius 2 is 2.18 bits per heavy atom. The number of nitrogens with one attached hydrogen (secondary N) is 1. The van der Waals surface area contributed by atoms with Crippen molar-refractivity contribution in [3.8, 4) is 10.6 Å². The van der Waals surface area contributed by atoms with Crippen LogP contribution in [-0.2, 0) is 4.74 Å². The van der Waals surface area contributed by atoms with E-state index in [0.717, 1.165) is 29.4 Å². The maximum atomic E-state index is 10.1. The van der Waals surface area contributed by atoms with Gasteiger partial charge in [0, 0.05) is 25.3 Å². The number of hydrogen-bond donors (Lipinski definition) is 2. The third-order valence-electron chi connectivity index (χ3n) is 5.57. The molecule has 2 fully saturated rings. The number of halogens is 1. The van der Waals surface area contributed by atoms with Crippen molar-refractivity contribution in [2.24, 2.45) is 5.92 Å². The maximum absolute atomic E-state index is 10.1. The Morgan fingerprint density at radius 3 is 2.96 bits per heavy atom. The van der Waals surface area contributed by atoms with Crippen LogP contribution in [0.1, 0.15) is 30.7 Å². The van der Waals surface area contributed by atoms with Gasteiger partial charge in [-0.05, 0) is 32.4 Å². The van der Waals surface area contributed by atoms with E-state index in [1.165, 1.54) is 0 Å². The molecule has 4 heterocycles. The predicted octanol–water partition coefficient (Wildman–Crippen LogP) is 2.87. The smallest absolute Gasteiger partial charge is 0.223 e. The average molecular weight is 424 g/mol. The summed E-state index contributed by atoms with van der Waals surface area (Å²) in [6.07, 6.45) is 4.73. The molecule has 2 N–H and O–H groups in total. The van der Waals surface area contributed by atoms with E-state index in [1.54, 1.807) is 17.5 Å². The van der Waals surface area contributed by atoms with Gasteiger partial charge in [0.15, 0.2) is 0 Å². The van der Waals surface area contributed by atoms with E-state index in [2.05, 4.69) is 34.2 Å². The third-order valence-corrected chi connectivity index (χ3v) is 6.98. The SMILES string of the molecule is CC1CN(C)CCC1c1ncc(-c2nc(N[C@@H]3CCOC[C@H]3O)ncc2Cl)s1. The molecule has 2 saturated heterocycles. The lowest BCUT2D eigenvalue weighted by atomic mass is 9.88. The van der Waals surface area contributed by atoms with Crippen molar-refractivity contribution >= 4 is 28.9 Å². The highest BCUT2D eigenvalue weighted by Crippen LogP contribution is 2.38. The van der Waals surface area contributed by atoms with Crippen LogP contribution in [0.15, 0.2) is 12.4 Å². The van der Waals surface area contributed by atoms with Gasteiger partial charge in [-0.1, -0.05) is 18.5 Å². The molecule has 152 valence electrons. The van der Waals surface area contributed by atoms with Gasteiger partial charge in [0.25, 0.3) is 0 Å². The fourth-order valence-corrected chi connectivity index (χ4v) is 5.39. The fraction of sp³-hybridized carbons (Fsp3) is 0.632. The molecular weight excluding hydrogens is 398 g/mol. The minimum Gasteiger partial charge on any atom is -0.389 e. The van der Waals surface area contributed by atoms with E-state index in [4.69, 9.17) is 21.3 Å². The van der Waals surface area contributed by atoms with Crippen molar-refractivity contribution in [3.63, 3.8) is 0 Å². The number of hydrogen-bond acceptors (Lipinski definition) is 8. The van der Waals surface area contributed by atoms with Crippen molar-refractivity contribution in [2.75, 3.05) is 38.7 Å². The molecule has 4 rings (SSSR count). The topological polar surface area (TPSA) is 83.4 Å². The number of ether oxygens (including phenoxy) is 1. The summed E-state index contributed by atoms with van der Waals surface area (Å²) in [6.45, 7) is 5.42. The van der Waals surface area contributed by atoms with E-state index >= 15 is 0 Å². The zero-order valence-electron chi connectivity index (χ0n) is 16.1. The van der Waals surface area contributed by atoms with Gasteiger partial charge in [-0.3, -0.25) is 0 Å². The largest absolute Gasteiger partial charge is 0.389 e. The van der Waals surface area contributed by atoms with Gasteiger partial charge < -0.3 is 20.1 Å². The highest BCUT2D eigenvalue weighted by atomic mass is 35.5. The van der Waals surface area contributed by atoms with Crippen molar-refractivity contribution in [1.29, 1.82) is 0 Å². The highest BCUT2D eigenvalue weighted by Gasteiger charge is 2.29. The van der Waals surface area contributed by atoms with E-state index in [1.807, 2.05) is 6.20 Å². The van der Waals surface area contributed by atoms with Gasteiger partial charge in [-0.2, -0.15) is 0 Å². The summed E-state index contributed by atoms with van der Waals surface area (Å²) in [7, 11) is 2.17. The molecule has 9 heteroatoms. The molecule has 0 spiro atoms. The molecular formula is C19H26ClN5O2S. The summed E-state index contributed by atoms with van der Waals surface area (Å²) < 4.78 is 5.28. The number of aliphatic hydroxyl groups is 1. The summed E-state index contributed by atoms with van der Waals surface area (Å²) >= 11 is 8.06. The lowest BCUT2D eigenvalue weighted by Gasteiger charge is -2.33. The van der Waals surface area contributed by atoms with Gasteiger partial charge in [0.1, 0.15) is 5.69 Å². The normalized spacial score (nSPS) is 29.0. The molecule has 0 amide bonds. The van der Waals surface area contributed by atoms with Gasteiger partial charge in [0.2, 0.25) is 5.95 Å². The number of rotatable bonds is 4. The van der Waals surface area contributed by atoms with Gasteiger partial charge >= 0.3 is 0 Å². The number of piperidine rings is 1. The van der Waals surface area contributed by atoms with E-state index in [9.17, 15) is 5.11 Å². The number of thiazole rings is 1. The van der Waals surface area contributed by atoms with Gasteiger partial charge in [-0.15, -0.1) is 11.3 Å². The maximum Gasteiger partial charge on any atom is 0.223 e. The van der Waals surface area contributed by atoms with Crippen molar-refractivity contribution in [3.05, 3.63) is 22.4 Å². The first-order chi connectivity index (χ1) is 13.5. The van der Waals surface area contributed by atoms with Crippen molar-refractivity contribution < 1.29 is 9.84 Å². The standard InChI is InChI=1S/C19H26ClN5O2S/c1-11-9-25(2)5-3-12(11)18-21-8-16(28-18)17-13(20)7-22-19(24-17)23-14-4-6-27-10-15(14)26/h7-8,11-12,14-15,26H,3-6,9-10H2,1-2H3,(H,22,23,24)/t11?,12?,14-,15-/m1/s1. The first-order valence-electron chi connectivity index (χ1n) is 9.70. The molecule has 2 aliphatic rings. The number of anilines is 1. The number of likely N-dealkylation sites (tertiary alicyclic amines) is 1. The quantitative estimate of drug-likeness (QED) is 0.782. The molecule has 0 saturated carbocycles. The number of aliphatic hydroxyl groups excluding tert-OH is 1. The molecule has 0 bridgehead atoms. The minimum absolute atomic E-state index is 0.125. The Bertz CT molecular complexity index is 819. The van der Waals surface area contributed by atoms with Crippen molar-refractivity contribution in [2.45, 2.75) is 37.8 Å². The van der Waals surface area contributed by atoms with Crippen LogP contribution in [-0.4, -0.2) is 70.5 Å². The van der Waals surface area contributed by atoms with E-state index < -0.39 is 6.10 Å². The van der Waals surface area contributed by atoms with Crippen LogP contribution < -0.4 is 5.32 Å². The summed E-state index contributed by atoms with van der Waals surface area (Å²) in [5, 5.41) is 15.0. The molecule has 2 aromatic heterocycles. The van der Waals surface area contributed by atoms with Crippen LogP contribution in [0.4, 0.5) is 5.95 Å². The van der Waals surface area contributed by atoms with Crippen LogP contribution in [0.5, 0.6) is 0 Å². The Hall–Kier alpha value is -1.32. The van der Waals surface area contributed by atoms with Crippen LogP contribution in [0.2, 0.25) is 5.02 Å². The summed E-state index contributed by atoms with van der Waals surface area (Å²) in [5.41, 5.74) is 0.685. The van der Waals surface area contributed by atoms with Gasteiger partial charge in [-0.25, -0.2) is 15.0 Å². The van der Waals surface area contributed by atoms with Crippen LogP contribution in [0, 0.1) is 5.92 Å². The molecule has 2 aliphatic heterocycles. The van der Waals surface area contributed by atoms with Gasteiger partial charge in [0.05, 0.1) is 39.9 Å². The summed E-state index contributed by atoms with van der Waals surface area (Å²) in [6, 6.07) is -0.125. The van der Waals surface area contributed by atoms with Crippen LogP contribution in [0.3, 0.4) is 0 Å². The Labute approximate surface area is 174 Å². The average Bonchev–Trinajstić information content (AvgIpc) is 3.14. The zero-order valence-corrected chi connectivity index (χ0v) is 17.7. The second-order valence-corrected chi connectivity index (χ2v) is 9.24. The molecule has 0 aromatic carbocycles. The number of aromatic nitrogens is 3. The van der Waals surface area contributed by atoms with Crippen molar-refractivity contribution in [1.82, 2.24) is 19.9 Å². The monoisotopic (exact) mass is 423 g/mol. The molecule has 0 aliphatic carbocycles. The second-order valence-electron chi connectivity index (χ2n) is 7.77. The highest BCUT2D eigenvalue weighted by molar-refractivity contribution is 7.15. The Balaban J connectivity index is 1.53. The molecule has 2 aromatic rings. The molecule has 7 nitrogen and oxygen atoms in total. The Morgan fingerprint density at radius 1 is 1.32 bits per heavy atom. The second kappa shape index (κ2) is 8.59. The van der Waals surface area contributed by atoms with E-state index in [-0.39, 0.29) is 6.04 Å². The van der Waals surface area contributed by atoms with Crippen LogP contribution >= 0.6 is 22.9 Å². The lowest BCUT2D eigenvalue weighted by Crippen LogP contribution is -2.42. The number of nitrogens with zero attached hydrogens (tertiary/aromatic N) is 4. The molecule has 4 atom stereocenters. The summed E-state index contributed by atoms with van der Waals surface area (Å²) in [4.78, 5) is 16.9. The zero-order chi connectivity index (χ0) is 19.7.